The van der Waals surface area contributed by atoms with Crippen molar-refractivity contribution >= 4 is 0 Å². The quantitative estimate of drug-likeness (QED) is 0.718. The van der Waals surface area contributed by atoms with Gasteiger partial charge in [-0.05, 0) is 32.1 Å². The number of hydrogen-bond acceptors (Lipinski definition) is 3. The zero-order chi connectivity index (χ0) is 10.8. The molecule has 0 aromatic rings. The lowest BCUT2D eigenvalue weighted by Crippen LogP contribution is -2.21. The van der Waals surface area contributed by atoms with Gasteiger partial charge in [0.15, 0.2) is 0 Å². The van der Waals surface area contributed by atoms with E-state index in [1.165, 1.54) is 19.0 Å². The molecular weight excluding hydrogens is 181 g/mol. The summed E-state index contributed by atoms with van der Waals surface area (Å²) in [7, 11) is 0. The summed E-state index contributed by atoms with van der Waals surface area (Å²) in [6.07, 6.45) is 4.00. The summed E-state index contributed by atoms with van der Waals surface area (Å²) >= 11 is 0. The number of likely N-dealkylation sites (tertiary alicyclic amines) is 1. The fraction of sp³-hybridized carbons (Fsp3) is 0.600. The number of hydrogen-bond donors (Lipinski definition) is 2. The summed E-state index contributed by atoms with van der Waals surface area (Å²) in [6.45, 7) is 9.39. The van der Waals surface area contributed by atoms with E-state index in [0.29, 0.717) is 12.4 Å². The third-order valence-electron chi connectivity index (χ3n) is 1.89. The van der Waals surface area contributed by atoms with Gasteiger partial charge in [0.2, 0.25) is 0 Å². The first-order valence-corrected chi connectivity index (χ1v) is 4.81. The molecular formula is C10H20FN3. The number of nitrogens with one attached hydrogen (secondary N) is 1. The molecule has 1 aliphatic rings. The minimum Gasteiger partial charge on any atom is -0.386 e. The van der Waals surface area contributed by atoms with E-state index < -0.39 is 0 Å². The molecule has 0 saturated carbocycles. The maximum Gasteiger partial charge on any atom is 0.102 e. The molecule has 0 spiro atoms. The smallest absolute Gasteiger partial charge is 0.102 e. The molecule has 82 valence electrons. The van der Waals surface area contributed by atoms with Crippen molar-refractivity contribution in [2.45, 2.75) is 12.8 Å². The summed E-state index contributed by atoms with van der Waals surface area (Å²) in [6, 6.07) is 0. The van der Waals surface area contributed by atoms with Gasteiger partial charge in [0, 0.05) is 6.54 Å². The van der Waals surface area contributed by atoms with Crippen LogP contribution < -0.4 is 11.1 Å². The molecule has 0 radical (unpaired) electrons. The van der Waals surface area contributed by atoms with Crippen LogP contribution in [0.15, 0.2) is 25.2 Å². The second kappa shape index (κ2) is 8.56. The van der Waals surface area contributed by atoms with E-state index in [1.54, 1.807) is 0 Å². The number of nitrogens with two attached hydrogens (primary N) is 1. The second-order valence-electron chi connectivity index (χ2n) is 3.11. The monoisotopic (exact) mass is 201 g/mol. The lowest BCUT2D eigenvalue weighted by Gasteiger charge is -2.09. The molecule has 14 heavy (non-hydrogen) atoms. The van der Waals surface area contributed by atoms with Crippen LogP contribution in [0.4, 0.5) is 4.39 Å². The Hall–Kier alpha value is -1.03. The lowest BCUT2D eigenvalue weighted by atomic mass is 10.4. The lowest BCUT2D eigenvalue weighted by molar-refractivity contribution is 0.297. The van der Waals surface area contributed by atoms with Crippen molar-refractivity contribution in [1.82, 2.24) is 10.2 Å². The predicted octanol–water partition coefficient (Wildman–Crippen LogP) is 1.20. The largest absolute Gasteiger partial charge is 0.386 e. The Morgan fingerprint density at radius 1 is 1.50 bits per heavy atom. The number of halogens is 1. The Morgan fingerprint density at radius 3 is 2.36 bits per heavy atom. The van der Waals surface area contributed by atoms with Gasteiger partial charge in [0.25, 0.3) is 0 Å². The molecule has 0 bridgehead atoms. The highest BCUT2D eigenvalue weighted by Gasteiger charge is 2.09. The highest BCUT2D eigenvalue weighted by atomic mass is 19.1. The van der Waals surface area contributed by atoms with Crippen molar-refractivity contribution in [3.63, 3.8) is 0 Å². The summed E-state index contributed by atoms with van der Waals surface area (Å²) in [5.41, 5.74) is 5.03. The Morgan fingerprint density at radius 2 is 2.07 bits per heavy atom. The average Bonchev–Trinajstić information content (AvgIpc) is 2.58. The standard InChI is InChI=1S/C6H12FN.C4H8N2/c7-3-6-8-4-1-2-5-8;1-3-6-4(2)5/h1-6H2;3,6H,1-2,5H2. The van der Waals surface area contributed by atoms with E-state index in [1.807, 2.05) is 0 Å². The van der Waals surface area contributed by atoms with Crippen molar-refractivity contribution in [2.75, 3.05) is 26.3 Å². The topological polar surface area (TPSA) is 41.3 Å². The molecule has 1 heterocycles. The Kier molecular flexibility index (Phi) is 7.93. The van der Waals surface area contributed by atoms with Crippen LogP contribution in [0.1, 0.15) is 12.8 Å². The van der Waals surface area contributed by atoms with Crippen molar-refractivity contribution < 1.29 is 4.39 Å². The normalized spacial score (nSPS) is 15.5. The van der Waals surface area contributed by atoms with E-state index in [2.05, 4.69) is 23.4 Å². The van der Waals surface area contributed by atoms with E-state index in [0.717, 1.165) is 13.1 Å². The zero-order valence-corrected chi connectivity index (χ0v) is 8.64. The van der Waals surface area contributed by atoms with Crippen molar-refractivity contribution in [1.29, 1.82) is 0 Å². The van der Waals surface area contributed by atoms with Crippen molar-refractivity contribution in [3.05, 3.63) is 25.2 Å². The molecule has 4 heteroatoms. The number of rotatable bonds is 4. The second-order valence-corrected chi connectivity index (χ2v) is 3.11. The van der Waals surface area contributed by atoms with Crippen LogP contribution >= 0.6 is 0 Å². The van der Waals surface area contributed by atoms with Gasteiger partial charge >= 0.3 is 0 Å². The molecule has 3 nitrogen and oxygen atoms in total. The van der Waals surface area contributed by atoms with E-state index in [-0.39, 0.29) is 6.67 Å². The fourth-order valence-corrected chi connectivity index (χ4v) is 1.26. The molecule has 0 aromatic heterocycles. The van der Waals surface area contributed by atoms with Crippen LogP contribution in [0.5, 0.6) is 0 Å². The Labute approximate surface area is 85.5 Å². The van der Waals surface area contributed by atoms with Gasteiger partial charge < -0.3 is 16.0 Å². The minimum atomic E-state index is -0.181. The van der Waals surface area contributed by atoms with Gasteiger partial charge in [-0.2, -0.15) is 0 Å². The first kappa shape index (κ1) is 13.0. The third kappa shape index (κ3) is 7.61. The summed E-state index contributed by atoms with van der Waals surface area (Å²) in [5.74, 6) is 0.421. The SMILES string of the molecule is C=CNC(=C)N.FCCN1CCCC1. The van der Waals surface area contributed by atoms with E-state index in [9.17, 15) is 4.39 Å². The van der Waals surface area contributed by atoms with Crippen LogP contribution in [-0.4, -0.2) is 31.2 Å². The highest BCUT2D eigenvalue weighted by Crippen LogP contribution is 2.05. The third-order valence-corrected chi connectivity index (χ3v) is 1.89. The van der Waals surface area contributed by atoms with Crippen molar-refractivity contribution in [3.8, 4) is 0 Å². The van der Waals surface area contributed by atoms with Gasteiger partial charge in [-0.3, -0.25) is 0 Å². The van der Waals surface area contributed by atoms with Crippen LogP contribution in [-0.2, 0) is 0 Å². The van der Waals surface area contributed by atoms with Gasteiger partial charge in [0.1, 0.15) is 6.67 Å². The minimum absolute atomic E-state index is 0.181. The van der Waals surface area contributed by atoms with Crippen LogP contribution in [0.3, 0.4) is 0 Å². The summed E-state index contributed by atoms with van der Waals surface area (Å²) < 4.78 is 11.6. The molecule has 0 amide bonds. The maximum absolute atomic E-state index is 11.6. The first-order chi connectivity index (χ1) is 6.70. The maximum atomic E-state index is 11.6. The molecule has 1 aliphatic heterocycles. The average molecular weight is 201 g/mol. The first-order valence-electron chi connectivity index (χ1n) is 4.81. The van der Waals surface area contributed by atoms with E-state index >= 15 is 0 Å². The van der Waals surface area contributed by atoms with Crippen LogP contribution in [0, 0.1) is 0 Å². The van der Waals surface area contributed by atoms with E-state index in [4.69, 9.17) is 5.73 Å². The molecule has 1 fully saturated rings. The zero-order valence-electron chi connectivity index (χ0n) is 8.64. The van der Waals surface area contributed by atoms with Crippen LogP contribution in [0.25, 0.3) is 0 Å². The molecule has 0 atom stereocenters. The molecule has 3 N–H and O–H groups in total. The van der Waals surface area contributed by atoms with Gasteiger partial charge in [-0.1, -0.05) is 13.2 Å². The van der Waals surface area contributed by atoms with Gasteiger partial charge in [-0.25, -0.2) is 4.39 Å². The molecule has 1 rings (SSSR count). The molecule has 0 aromatic carbocycles. The molecule has 1 saturated heterocycles. The number of alkyl halides is 1. The predicted molar refractivity (Wildman–Crippen MR) is 58.3 cm³/mol. The number of nitrogens with zero attached hydrogens (tertiary/aromatic N) is 1. The molecule has 0 unspecified atom stereocenters. The Balaban J connectivity index is 0.000000255. The fourth-order valence-electron chi connectivity index (χ4n) is 1.26. The summed E-state index contributed by atoms with van der Waals surface area (Å²) in [4.78, 5) is 2.17. The molecule has 0 aliphatic carbocycles. The van der Waals surface area contributed by atoms with Crippen molar-refractivity contribution in [2.24, 2.45) is 5.73 Å². The van der Waals surface area contributed by atoms with Crippen LogP contribution in [0.2, 0.25) is 0 Å². The highest BCUT2D eigenvalue weighted by molar-refractivity contribution is 4.87. The van der Waals surface area contributed by atoms with Gasteiger partial charge in [0.05, 0.1) is 5.82 Å². The van der Waals surface area contributed by atoms with Gasteiger partial charge in [-0.15, -0.1) is 0 Å². The summed E-state index contributed by atoms with van der Waals surface area (Å²) in [5, 5.41) is 2.56. The Bertz CT molecular complexity index is 165.